The van der Waals surface area contributed by atoms with Gasteiger partial charge in [0.1, 0.15) is 0 Å². The summed E-state index contributed by atoms with van der Waals surface area (Å²) < 4.78 is 40.6. The summed E-state index contributed by atoms with van der Waals surface area (Å²) in [5.41, 5.74) is 5.85. The molecular formula is C16H18F3N5O. The molecule has 2 aromatic heterocycles. The fourth-order valence-electron chi connectivity index (χ4n) is 3.11. The van der Waals surface area contributed by atoms with Gasteiger partial charge in [-0.3, -0.25) is 14.5 Å². The summed E-state index contributed by atoms with van der Waals surface area (Å²) in [6, 6.07) is 2.31. The van der Waals surface area contributed by atoms with E-state index in [1.54, 1.807) is 4.68 Å². The average Bonchev–Trinajstić information content (AvgIpc) is 2.98. The highest BCUT2D eigenvalue weighted by molar-refractivity contribution is 5.93. The van der Waals surface area contributed by atoms with Gasteiger partial charge in [-0.25, -0.2) is 0 Å². The maximum Gasteiger partial charge on any atom is 0.418 e. The van der Waals surface area contributed by atoms with Crippen LogP contribution in [-0.4, -0.2) is 27.2 Å². The fraction of sp³-hybridized carbons (Fsp3) is 0.438. The predicted octanol–water partition coefficient (Wildman–Crippen LogP) is 1.75. The Morgan fingerprint density at radius 3 is 2.96 bits per heavy atom. The number of amides is 1. The highest BCUT2D eigenvalue weighted by Gasteiger charge is 2.33. The standard InChI is InChI=1S/C16H18F3N5O/c17-16(18,19)12-2-1-5-22-13(12)8-21-6-10-3-4-14-11(15(20)25)7-23-24(14)9-10/h1-2,5,7,10,21H,3-4,6,8-9H2,(H2,20,25). The number of rotatable bonds is 5. The van der Waals surface area contributed by atoms with Crippen molar-refractivity contribution in [3.63, 3.8) is 0 Å². The molecule has 0 fully saturated rings. The molecule has 0 saturated carbocycles. The van der Waals surface area contributed by atoms with Gasteiger partial charge < -0.3 is 11.1 Å². The van der Waals surface area contributed by atoms with Gasteiger partial charge in [-0.15, -0.1) is 0 Å². The molecule has 1 atom stereocenters. The van der Waals surface area contributed by atoms with Crippen LogP contribution >= 0.6 is 0 Å². The Hall–Kier alpha value is -2.42. The van der Waals surface area contributed by atoms with Crippen LogP contribution < -0.4 is 11.1 Å². The largest absolute Gasteiger partial charge is 0.418 e. The zero-order valence-electron chi connectivity index (χ0n) is 13.4. The van der Waals surface area contributed by atoms with Gasteiger partial charge in [-0.05, 0) is 30.9 Å². The zero-order valence-corrected chi connectivity index (χ0v) is 13.4. The molecule has 9 heteroatoms. The Kier molecular flexibility index (Phi) is 4.76. The lowest BCUT2D eigenvalue weighted by Crippen LogP contribution is -2.31. The van der Waals surface area contributed by atoms with Crippen molar-refractivity contribution in [2.45, 2.75) is 32.1 Å². The quantitative estimate of drug-likeness (QED) is 0.857. The second-order valence-corrected chi connectivity index (χ2v) is 6.08. The molecule has 25 heavy (non-hydrogen) atoms. The number of fused-ring (bicyclic) bond motifs is 1. The van der Waals surface area contributed by atoms with Crippen molar-refractivity contribution >= 4 is 5.91 Å². The maximum atomic E-state index is 12.9. The van der Waals surface area contributed by atoms with Crippen molar-refractivity contribution < 1.29 is 18.0 Å². The smallest absolute Gasteiger partial charge is 0.365 e. The molecule has 2 aromatic rings. The van der Waals surface area contributed by atoms with Gasteiger partial charge in [0.05, 0.1) is 28.7 Å². The number of nitrogens with one attached hydrogen (secondary N) is 1. The Labute approximate surface area is 142 Å². The summed E-state index contributed by atoms with van der Waals surface area (Å²) in [4.78, 5) is 15.2. The number of carbonyl (C=O) groups excluding carboxylic acids is 1. The lowest BCUT2D eigenvalue weighted by atomic mass is 9.96. The van der Waals surface area contributed by atoms with Gasteiger partial charge in [-0.1, -0.05) is 0 Å². The molecular weight excluding hydrogens is 335 g/mol. The molecule has 1 amide bonds. The van der Waals surface area contributed by atoms with E-state index in [1.165, 1.54) is 18.5 Å². The Morgan fingerprint density at radius 1 is 1.44 bits per heavy atom. The first-order valence-electron chi connectivity index (χ1n) is 7.92. The topological polar surface area (TPSA) is 85.8 Å². The predicted molar refractivity (Wildman–Crippen MR) is 83.5 cm³/mol. The van der Waals surface area contributed by atoms with Gasteiger partial charge in [0.25, 0.3) is 5.91 Å². The van der Waals surface area contributed by atoms with Crippen molar-refractivity contribution in [2.75, 3.05) is 6.54 Å². The van der Waals surface area contributed by atoms with Crippen molar-refractivity contribution in [3.05, 3.63) is 47.0 Å². The molecule has 0 aromatic carbocycles. The van der Waals surface area contributed by atoms with E-state index >= 15 is 0 Å². The minimum absolute atomic E-state index is 0.0124. The molecule has 1 aliphatic rings. The minimum atomic E-state index is -4.41. The van der Waals surface area contributed by atoms with E-state index in [0.29, 0.717) is 25.1 Å². The van der Waals surface area contributed by atoms with E-state index in [0.717, 1.165) is 18.2 Å². The summed E-state index contributed by atoms with van der Waals surface area (Å²) in [5, 5.41) is 7.22. The third-order valence-corrected chi connectivity index (χ3v) is 4.36. The molecule has 1 unspecified atom stereocenters. The third kappa shape index (κ3) is 3.81. The van der Waals surface area contributed by atoms with Crippen LogP contribution in [-0.2, 0) is 25.7 Å². The third-order valence-electron chi connectivity index (χ3n) is 4.36. The number of primary amides is 1. The number of hydrogen-bond donors (Lipinski definition) is 2. The Morgan fingerprint density at radius 2 is 2.24 bits per heavy atom. The molecule has 0 radical (unpaired) electrons. The highest BCUT2D eigenvalue weighted by atomic mass is 19.4. The van der Waals surface area contributed by atoms with Gasteiger partial charge in [0.2, 0.25) is 0 Å². The van der Waals surface area contributed by atoms with E-state index in [9.17, 15) is 18.0 Å². The minimum Gasteiger partial charge on any atom is -0.365 e. The summed E-state index contributed by atoms with van der Waals surface area (Å²) in [7, 11) is 0. The second-order valence-electron chi connectivity index (χ2n) is 6.08. The molecule has 0 aliphatic carbocycles. The van der Waals surface area contributed by atoms with Crippen molar-refractivity contribution in [3.8, 4) is 0 Å². The monoisotopic (exact) mass is 353 g/mol. The highest BCUT2D eigenvalue weighted by Crippen LogP contribution is 2.31. The van der Waals surface area contributed by atoms with Crippen molar-refractivity contribution in [1.29, 1.82) is 0 Å². The van der Waals surface area contributed by atoms with Gasteiger partial charge in [-0.2, -0.15) is 18.3 Å². The molecule has 1 aliphatic heterocycles. The first kappa shape index (κ1) is 17.4. The summed E-state index contributed by atoms with van der Waals surface area (Å²) in [6.07, 6.45) is -0.105. The van der Waals surface area contributed by atoms with Crippen molar-refractivity contribution in [2.24, 2.45) is 11.7 Å². The van der Waals surface area contributed by atoms with E-state index in [4.69, 9.17) is 5.73 Å². The molecule has 3 heterocycles. The van der Waals surface area contributed by atoms with E-state index in [1.807, 2.05) is 0 Å². The molecule has 0 saturated heterocycles. The lowest BCUT2D eigenvalue weighted by Gasteiger charge is -2.24. The van der Waals surface area contributed by atoms with Gasteiger partial charge in [0, 0.05) is 25.8 Å². The van der Waals surface area contributed by atoms with Crippen LogP contribution in [0.25, 0.3) is 0 Å². The van der Waals surface area contributed by atoms with Crippen LogP contribution in [0.5, 0.6) is 0 Å². The summed E-state index contributed by atoms with van der Waals surface area (Å²) in [6.45, 7) is 1.19. The summed E-state index contributed by atoms with van der Waals surface area (Å²) in [5.74, 6) is -0.279. The Bertz CT molecular complexity index is 771. The van der Waals surface area contributed by atoms with Crippen LogP contribution in [0.3, 0.4) is 0 Å². The van der Waals surface area contributed by atoms with Crippen LogP contribution in [0.1, 0.15) is 33.7 Å². The number of hydrogen-bond acceptors (Lipinski definition) is 4. The van der Waals surface area contributed by atoms with Gasteiger partial charge >= 0.3 is 6.18 Å². The normalized spacial score (nSPS) is 17.3. The number of alkyl halides is 3. The fourth-order valence-corrected chi connectivity index (χ4v) is 3.11. The van der Waals surface area contributed by atoms with E-state index in [-0.39, 0.29) is 18.2 Å². The van der Waals surface area contributed by atoms with Crippen molar-refractivity contribution in [1.82, 2.24) is 20.1 Å². The molecule has 0 spiro atoms. The second kappa shape index (κ2) is 6.83. The van der Waals surface area contributed by atoms with E-state index in [2.05, 4.69) is 15.4 Å². The van der Waals surface area contributed by atoms with Gasteiger partial charge in [0.15, 0.2) is 0 Å². The first-order chi connectivity index (χ1) is 11.9. The number of pyridine rings is 1. The molecule has 3 N–H and O–H groups in total. The number of aromatic nitrogens is 3. The number of carbonyl (C=O) groups is 1. The summed E-state index contributed by atoms with van der Waals surface area (Å²) >= 11 is 0. The maximum absolute atomic E-state index is 12.9. The van der Waals surface area contributed by atoms with Crippen LogP contribution in [0.15, 0.2) is 24.5 Å². The Balaban J connectivity index is 1.58. The molecule has 6 nitrogen and oxygen atoms in total. The van der Waals surface area contributed by atoms with E-state index < -0.39 is 17.6 Å². The molecule has 0 bridgehead atoms. The number of nitrogens with zero attached hydrogens (tertiary/aromatic N) is 3. The van der Waals surface area contributed by atoms with Crippen LogP contribution in [0.4, 0.5) is 13.2 Å². The zero-order chi connectivity index (χ0) is 18.0. The van der Waals surface area contributed by atoms with Crippen LogP contribution in [0, 0.1) is 5.92 Å². The molecule has 3 rings (SSSR count). The first-order valence-corrected chi connectivity index (χ1v) is 7.92. The number of nitrogens with two attached hydrogens (primary N) is 1. The average molecular weight is 353 g/mol. The molecule has 134 valence electrons. The number of halogens is 3. The van der Waals surface area contributed by atoms with Crippen LogP contribution in [0.2, 0.25) is 0 Å². The SMILES string of the molecule is NC(=O)c1cnn2c1CCC(CNCc1ncccc1C(F)(F)F)C2. The lowest BCUT2D eigenvalue weighted by molar-refractivity contribution is -0.138.